The lowest BCUT2D eigenvalue weighted by atomic mass is 9.99. The van der Waals surface area contributed by atoms with Crippen LogP contribution in [0.3, 0.4) is 0 Å². The smallest absolute Gasteiger partial charge is 0.227 e. The van der Waals surface area contributed by atoms with Crippen LogP contribution in [0.4, 0.5) is 17.1 Å². The van der Waals surface area contributed by atoms with Crippen molar-refractivity contribution >= 4 is 81.2 Å². The van der Waals surface area contributed by atoms with Gasteiger partial charge < -0.3 is 9.32 Å². The third-order valence-corrected chi connectivity index (χ3v) is 10.6. The number of nitrogens with zero attached hydrogens (tertiary/aromatic N) is 2. The molecule has 0 radical (unpaired) electrons. The fraction of sp³-hybridized carbons (Fsp3) is 0. The van der Waals surface area contributed by atoms with Gasteiger partial charge in [-0.1, -0.05) is 103 Å². The Labute approximate surface area is 286 Å². The van der Waals surface area contributed by atoms with Gasteiger partial charge in [0.15, 0.2) is 5.58 Å². The van der Waals surface area contributed by atoms with Crippen LogP contribution in [0.25, 0.3) is 75.4 Å². The molecule has 4 heteroatoms. The maximum atomic E-state index is 6.53. The predicted molar refractivity (Wildman–Crippen MR) is 207 cm³/mol. The monoisotopic (exact) mass is 644 g/mol. The summed E-state index contributed by atoms with van der Waals surface area (Å²) in [5.74, 6) is 0.618. The van der Waals surface area contributed by atoms with Gasteiger partial charge in [-0.2, -0.15) is 0 Å². The molecule has 3 nitrogen and oxygen atoms in total. The first-order valence-electron chi connectivity index (χ1n) is 16.5. The third kappa shape index (κ3) is 4.61. The van der Waals surface area contributed by atoms with Gasteiger partial charge in [0.25, 0.3) is 0 Å². The van der Waals surface area contributed by atoms with Crippen LogP contribution in [0.5, 0.6) is 0 Å². The summed E-state index contributed by atoms with van der Waals surface area (Å²) < 4.78 is 9.16. The molecule has 10 rings (SSSR count). The Bertz CT molecular complexity index is 2810. The highest BCUT2D eigenvalue weighted by molar-refractivity contribution is 7.25. The van der Waals surface area contributed by atoms with E-state index in [2.05, 4.69) is 175 Å². The van der Waals surface area contributed by atoms with E-state index >= 15 is 0 Å². The molecule has 230 valence electrons. The number of fused-ring (bicyclic) bond motifs is 8. The van der Waals surface area contributed by atoms with E-state index in [0.717, 1.165) is 44.5 Å². The number of para-hydroxylation sites is 1. The Balaban J connectivity index is 1.04. The molecule has 2 heterocycles. The quantitative estimate of drug-likeness (QED) is 0.175. The second-order valence-corrected chi connectivity index (χ2v) is 13.4. The zero-order valence-electron chi connectivity index (χ0n) is 26.4. The van der Waals surface area contributed by atoms with Crippen molar-refractivity contribution in [1.29, 1.82) is 0 Å². The first-order chi connectivity index (χ1) is 24.3. The highest BCUT2D eigenvalue weighted by atomic mass is 32.1. The summed E-state index contributed by atoms with van der Waals surface area (Å²) in [6.07, 6.45) is 0. The van der Waals surface area contributed by atoms with E-state index in [0.29, 0.717) is 5.89 Å². The van der Waals surface area contributed by atoms with Gasteiger partial charge in [0, 0.05) is 48.2 Å². The van der Waals surface area contributed by atoms with Gasteiger partial charge in [-0.15, -0.1) is 11.3 Å². The standard InChI is InChI=1S/C45H28N2OS/c1-2-10-33(11-3-1)47(34-24-19-30(20-25-34)37-14-8-16-41-43(37)38-13-6-7-15-40(38)49-41)35-26-21-32(22-27-35)45-46-39-28-23-31-18-17-29-9-4-5-12-36(29)42(31)44(39)48-45/h1-28H. The van der Waals surface area contributed by atoms with Crippen molar-refractivity contribution < 1.29 is 4.42 Å². The third-order valence-electron chi connectivity index (χ3n) is 9.49. The molecule has 0 fully saturated rings. The van der Waals surface area contributed by atoms with E-state index < -0.39 is 0 Å². The van der Waals surface area contributed by atoms with Crippen molar-refractivity contribution in [2.75, 3.05) is 4.90 Å². The minimum Gasteiger partial charge on any atom is -0.435 e. The molecule has 0 aliphatic rings. The Hall–Kier alpha value is -6.23. The van der Waals surface area contributed by atoms with Crippen LogP contribution >= 0.6 is 11.3 Å². The number of benzene rings is 8. The van der Waals surface area contributed by atoms with Crippen LogP contribution in [-0.2, 0) is 0 Å². The molecule has 0 amide bonds. The normalized spacial score (nSPS) is 11.7. The molecule has 0 aliphatic carbocycles. The lowest BCUT2D eigenvalue weighted by molar-refractivity contribution is 0.623. The summed E-state index contributed by atoms with van der Waals surface area (Å²) in [7, 11) is 0. The Morgan fingerprint density at radius 3 is 1.90 bits per heavy atom. The zero-order chi connectivity index (χ0) is 32.3. The fourth-order valence-corrected chi connectivity index (χ4v) is 8.31. The van der Waals surface area contributed by atoms with Gasteiger partial charge >= 0.3 is 0 Å². The van der Waals surface area contributed by atoms with Crippen molar-refractivity contribution in [2.24, 2.45) is 0 Å². The van der Waals surface area contributed by atoms with Crippen LogP contribution in [0.2, 0.25) is 0 Å². The summed E-state index contributed by atoms with van der Waals surface area (Å²) in [5.41, 5.74) is 8.33. The highest BCUT2D eigenvalue weighted by Gasteiger charge is 2.17. The van der Waals surface area contributed by atoms with Crippen LogP contribution in [0.15, 0.2) is 174 Å². The van der Waals surface area contributed by atoms with Crippen LogP contribution in [-0.4, -0.2) is 4.98 Å². The van der Waals surface area contributed by atoms with Crippen molar-refractivity contribution in [1.82, 2.24) is 4.98 Å². The minimum absolute atomic E-state index is 0.618. The average molecular weight is 645 g/mol. The number of rotatable bonds is 5. The summed E-state index contributed by atoms with van der Waals surface area (Å²) >= 11 is 1.85. The Kier molecular flexibility index (Phi) is 6.36. The Morgan fingerprint density at radius 2 is 1.08 bits per heavy atom. The van der Waals surface area contributed by atoms with Gasteiger partial charge in [0.05, 0.1) is 0 Å². The molecule has 49 heavy (non-hydrogen) atoms. The van der Waals surface area contributed by atoms with Crippen LogP contribution in [0.1, 0.15) is 0 Å². The zero-order valence-corrected chi connectivity index (χ0v) is 27.2. The molecule has 0 spiro atoms. The van der Waals surface area contributed by atoms with Crippen LogP contribution < -0.4 is 4.90 Å². The molecule has 8 aromatic carbocycles. The van der Waals surface area contributed by atoms with Gasteiger partial charge in [0.2, 0.25) is 5.89 Å². The van der Waals surface area contributed by atoms with Crippen LogP contribution in [0, 0.1) is 0 Å². The first-order valence-corrected chi connectivity index (χ1v) is 17.3. The summed E-state index contributed by atoms with van der Waals surface area (Å²) in [6.45, 7) is 0. The van der Waals surface area contributed by atoms with Gasteiger partial charge in [0.1, 0.15) is 5.52 Å². The highest BCUT2D eigenvalue weighted by Crippen LogP contribution is 2.42. The van der Waals surface area contributed by atoms with E-state index in [1.165, 1.54) is 42.1 Å². The maximum absolute atomic E-state index is 6.53. The summed E-state index contributed by atoms with van der Waals surface area (Å²) in [5, 5.41) is 7.26. The van der Waals surface area contributed by atoms with E-state index in [9.17, 15) is 0 Å². The maximum Gasteiger partial charge on any atom is 0.227 e. The number of anilines is 3. The largest absolute Gasteiger partial charge is 0.435 e. The lowest BCUT2D eigenvalue weighted by Crippen LogP contribution is -2.09. The van der Waals surface area contributed by atoms with Crippen molar-refractivity contribution in [3.8, 4) is 22.6 Å². The summed E-state index contributed by atoms with van der Waals surface area (Å²) in [4.78, 5) is 7.22. The SMILES string of the molecule is c1ccc(N(c2ccc(-c3nc4ccc5ccc6ccccc6c5c4o3)cc2)c2ccc(-c3cccc4sc5ccccc5c34)cc2)cc1. The molecule has 0 saturated carbocycles. The molecular formula is C45H28N2OS. The molecule has 2 aromatic heterocycles. The van der Waals surface area contributed by atoms with Crippen molar-refractivity contribution in [3.63, 3.8) is 0 Å². The fourth-order valence-electron chi connectivity index (χ4n) is 7.18. The molecule has 0 unspecified atom stereocenters. The van der Waals surface area contributed by atoms with Gasteiger partial charge in [-0.05, 0) is 94.0 Å². The minimum atomic E-state index is 0.618. The molecule has 0 bridgehead atoms. The van der Waals surface area contributed by atoms with E-state index in [4.69, 9.17) is 9.40 Å². The molecular weight excluding hydrogens is 617 g/mol. The first kappa shape index (κ1) is 27.8. The second-order valence-electron chi connectivity index (χ2n) is 12.4. The van der Waals surface area contributed by atoms with E-state index in [1.807, 2.05) is 11.3 Å². The summed E-state index contributed by atoms with van der Waals surface area (Å²) in [6, 6.07) is 60.2. The predicted octanol–water partition coefficient (Wildman–Crippen LogP) is 13.3. The lowest BCUT2D eigenvalue weighted by Gasteiger charge is -2.25. The van der Waals surface area contributed by atoms with Gasteiger partial charge in [-0.3, -0.25) is 0 Å². The van der Waals surface area contributed by atoms with E-state index in [-0.39, 0.29) is 0 Å². The van der Waals surface area contributed by atoms with Crippen molar-refractivity contribution in [3.05, 3.63) is 170 Å². The average Bonchev–Trinajstić information content (AvgIpc) is 3.78. The van der Waals surface area contributed by atoms with E-state index in [1.54, 1.807) is 0 Å². The number of hydrogen-bond acceptors (Lipinski definition) is 4. The molecule has 10 aromatic rings. The number of aromatic nitrogens is 1. The second kappa shape index (κ2) is 11.2. The Morgan fingerprint density at radius 1 is 0.449 bits per heavy atom. The molecule has 0 aliphatic heterocycles. The molecule has 0 atom stereocenters. The topological polar surface area (TPSA) is 29.3 Å². The van der Waals surface area contributed by atoms with Gasteiger partial charge in [-0.25, -0.2) is 4.98 Å². The number of hydrogen-bond donors (Lipinski definition) is 0. The number of oxazole rings is 1. The number of thiophene rings is 1. The molecule has 0 N–H and O–H groups in total. The van der Waals surface area contributed by atoms with Crippen molar-refractivity contribution in [2.45, 2.75) is 0 Å². The molecule has 0 saturated heterocycles.